The van der Waals surface area contributed by atoms with Gasteiger partial charge in [0.05, 0.1) is 18.3 Å². The Bertz CT molecular complexity index is 893. The van der Waals surface area contributed by atoms with Crippen molar-refractivity contribution in [1.82, 2.24) is 4.90 Å². The van der Waals surface area contributed by atoms with Crippen molar-refractivity contribution in [2.24, 2.45) is 0 Å². The van der Waals surface area contributed by atoms with Crippen LogP contribution >= 0.6 is 11.3 Å². The number of carbonyl (C=O) groups excluding carboxylic acids is 2. The highest BCUT2D eigenvalue weighted by atomic mass is 32.1. The second-order valence-corrected chi connectivity index (χ2v) is 7.12. The van der Waals surface area contributed by atoms with Gasteiger partial charge < -0.3 is 9.64 Å². The number of hydrogen-bond donors (Lipinski definition) is 0. The molecule has 0 aliphatic carbocycles. The van der Waals surface area contributed by atoms with E-state index in [9.17, 15) is 9.59 Å². The van der Waals surface area contributed by atoms with Gasteiger partial charge in [-0.05, 0) is 48.9 Å². The molecule has 4 nitrogen and oxygen atoms in total. The van der Waals surface area contributed by atoms with Crippen LogP contribution < -0.4 is 0 Å². The zero-order valence-corrected chi connectivity index (χ0v) is 15.9. The van der Waals surface area contributed by atoms with Crippen molar-refractivity contribution >= 4 is 29.3 Å². The van der Waals surface area contributed by atoms with Crippen molar-refractivity contribution in [1.29, 1.82) is 0 Å². The Kier molecular flexibility index (Phi) is 5.38. The van der Waals surface area contributed by atoms with Gasteiger partial charge in [0.1, 0.15) is 0 Å². The summed E-state index contributed by atoms with van der Waals surface area (Å²) in [5, 5.41) is 1.97. The molecule has 0 saturated heterocycles. The Morgan fingerprint density at radius 1 is 1.19 bits per heavy atom. The molecule has 1 amide bonds. The van der Waals surface area contributed by atoms with Crippen LogP contribution in [0.25, 0.3) is 6.08 Å². The lowest BCUT2D eigenvalue weighted by atomic mass is 10.1. The van der Waals surface area contributed by atoms with Crippen LogP contribution in [0.2, 0.25) is 0 Å². The van der Waals surface area contributed by atoms with Crippen LogP contribution in [-0.4, -0.2) is 30.4 Å². The number of allylic oxidation sites excluding steroid dienone is 1. The van der Waals surface area contributed by atoms with Gasteiger partial charge in [0.25, 0.3) is 5.91 Å². The predicted octanol–water partition coefficient (Wildman–Crippen LogP) is 3.97. The first-order valence-corrected chi connectivity index (χ1v) is 9.32. The number of thiophene rings is 1. The standard InChI is InChI=1S/C21H21NO3S/c1-14-10-12-26-18(14)13-17-19(21(24)25-3)15(2)22(20(17)23)11-9-16-7-5-4-6-8-16/h4-8,10,12-13H,9,11H2,1-3H3/b17-13-. The molecular formula is C21H21NO3S. The van der Waals surface area contributed by atoms with E-state index in [0.29, 0.717) is 23.4 Å². The number of rotatable bonds is 5. The van der Waals surface area contributed by atoms with E-state index in [0.717, 1.165) is 22.4 Å². The smallest absolute Gasteiger partial charge is 0.340 e. The summed E-state index contributed by atoms with van der Waals surface area (Å²) in [6, 6.07) is 12.0. The molecule has 1 aliphatic rings. The third-order valence-corrected chi connectivity index (χ3v) is 5.51. The van der Waals surface area contributed by atoms with Gasteiger partial charge in [-0.2, -0.15) is 0 Å². The van der Waals surface area contributed by atoms with E-state index in [4.69, 9.17) is 4.74 Å². The minimum Gasteiger partial charge on any atom is -0.465 e. The third-order valence-electron chi connectivity index (χ3n) is 4.55. The summed E-state index contributed by atoms with van der Waals surface area (Å²) in [6.07, 6.45) is 2.53. The number of hydrogen-bond acceptors (Lipinski definition) is 4. The van der Waals surface area contributed by atoms with E-state index in [1.54, 1.807) is 29.2 Å². The molecule has 0 fully saturated rings. The summed E-state index contributed by atoms with van der Waals surface area (Å²) in [7, 11) is 1.34. The van der Waals surface area contributed by atoms with Crippen LogP contribution in [0.5, 0.6) is 0 Å². The van der Waals surface area contributed by atoms with E-state index in [-0.39, 0.29) is 5.91 Å². The molecule has 1 aromatic heterocycles. The number of esters is 1. The van der Waals surface area contributed by atoms with E-state index in [1.165, 1.54) is 7.11 Å². The summed E-state index contributed by atoms with van der Waals surface area (Å²) >= 11 is 1.55. The van der Waals surface area contributed by atoms with Crippen molar-refractivity contribution in [2.75, 3.05) is 13.7 Å². The largest absolute Gasteiger partial charge is 0.465 e. The first-order valence-electron chi connectivity index (χ1n) is 8.44. The maximum absolute atomic E-state index is 13.0. The van der Waals surface area contributed by atoms with E-state index in [1.807, 2.05) is 48.7 Å². The van der Waals surface area contributed by atoms with Crippen LogP contribution in [-0.2, 0) is 20.7 Å². The Hall–Kier alpha value is -2.66. The Balaban J connectivity index is 1.93. The monoisotopic (exact) mass is 367 g/mol. The van der Waals surface area contributed by atoms with Gasteiger partial charge >= 0.3 is 5.97 Å². The number of ether oxygens (including phenoxy) is 1. The molecule has 1 aliphatic heterocycles. The average Bonchev–Trinajstić information content (AvgIpc) is 3.15. The van der Waals surface area contributed by atoms with Crippen LogP contribution in [0.3, 0.4) is 0 Å². The zero-order chi connectivity index (χ0) is 18.7. The predicted molar refractivity (Wildman–Crippen MR) is 104 cm³/mol. The van der Waals surface area contributed by atoms with Gasteiger partial charge in [-0.25, -0.2) is 4.79 Å². The molecule has 26 heavy (non-hydrogen) atoms. The number of amides is 1. The highest BCUT2D eigenvalue weighted by Crippen LogP contribution is 2.33. The second-order valence-electron chi connectivity index (χ2n) is 6.17. The molecule has 0 spiro atoms. The highest BCUT2D eigenvalue weighted by Gasteiger charge is 2.36. The molecule has 0 saturated carbocycles. The van der Waals surface area contributed by atoms with E-state index < -0.39 is 5.97 Å². The van der Waals surface area contributed by atoms with Crippen molar-refractivity contribution in [3.05, 3.63) is 74.6 Å². The number of methoxy groups -OCH3 is 1. The topological polar surface area (TPSA) is 46.6 Å². The molecule has 0 N–H and O–H groups in total. The van der Waals surface area contributed by atoms with Crippen molar-refractivity contribution < 1.29 is 14.3 Å². The van der Waals surface area contributed by atoms with Gasteiger partial charge in [-0.3, -0.25) is 4.79 Å². The lowest BCUT2D eigenvalue weighted by molar-refractivity contribution is -0.136. The van der Waals surface area contributed by atoms with Crippen LogP contribution in [0, 0.1) is 6.92 Å². The van der Waals surface area contributed by atoms with E-state index in [2.05, 4.69) is 0 Å². The van der Waals surface area contributed by atoms with Crippen LogP contribution in [0.4, 0.5) is 0 Å². The fraction of sp³-hybridized carbons (Fsp3) is 0.238. The summed E-state index contributed by atoms with van der Waals surface area (Å²) in [6.45, 7) is 4.32. The zero-order valence-electron chi connectivity index (χ0n) is 15.1. The molecule has 3 rings (SSSR count). The van der Waals surface area contributed by atoms with Crippen molar-refractivity contribution in [3.63, 3.8) is 0 Å². The molecule has 0 bridgehead atoms. The highest BCUT2D eigenvalue weighted by molar-refractivity contribution is 7.11. The van der Waals surface area contributed by atoms with Gasteiger partial charge in [0, 0.05) is 17.1 Å². The third kappa shape index (κ3) is 3.48. The minimum absolute atomic E-state index is 0.147. The maximum atomic E-state index is 13.0. The fourth-order valence-electron chi connectivity index (χ4n) is 3.05. The Morgan fingerprint density at radius 2 is 1.92 bits per heavy atom. The summed E-state index contributed by atoms with van der Waals surface area (Å²) in [5.74, 6) is -0.620. The van der Waals surface area contributed by atoms with Crippen molar-refractivity contribution in [2.45, 2.75) is 20.3 Å². The maximum Gasteiger partial charge on any atom is 0.340 e. The van der Waals surface area contributed by atoms with Crippen molar-refractivity contribution in [3.8, 4) is 0 Å². The first kappa shape index (κ1) is 18.1. The fourth-order valence-corrected chi connectivity index (χ4v) is 3.90. The summed E-state index contributed by atoms with van der Waals surface area (Å²) < 4.78 is 4.93. The number of nitrogens with zero attached hydrogens (tertiary/aromatic N) is 1. The van der Waals surface area contributed by atoms with Crippen LogP contribution in [0.15, 0.2) is 58.6 Å². The molecule has 1 aromatic carbocycles. The molecular weight excluding hydrogens is 346 g/mol. The lowest BCUT2D eigenvalue weighted by Crippen LogP contribution is -2.27. The average molecular weight is 367 g/mol. The number of aryl methyl sites for hydroxylation is 1. The number of carbonyl (C=O) groups is 2. The lowest BCUT2D eigenvalue weighted by Gasteiger charge is -2.17. The molecule has 5 heteroatoms. The molecule has 0 unspecified atom stereocenters. The first-order chi connectivity index (χ1) is 12.5. The SMILES string of the molecule is COC(=O)C1=C(C)N(CCc2ccccc2)C(=O)/C1=C\c1sccc1C. The molecule has 0 radical (unpaired) electrons. The number of benzene rings is 1. The van der Waals surface area contributed by atoms with Gasteiger partial charge in [0.15, 0.2) is 0 Å². The molecule has 2 heterocycles. The summed E-state index contributed by atoms with van der Waals surface area (Å²) in [5.41, 5.74) is 3.66. The normalized spacial score (nSPS) is 15.9. The van der Waals surface area contributed by atoms with Gasteiger partial charge in [0.2, 0.25) is 0 Å². The quantitative estimate of drug-likeness (QED) is 0.593. The van der Waals surface area contributed by atoms with Gasteiger partial charge in [-0.1, -0.05) is 30.3 Å². The van der Waals surface area contributed by atoms with Gasteiger partial charge in [-0.15, -0.1) is 11.3 Å². The minimum atomic E-state index is -0.474. The van der Waals surface area contributed by atoms with E-state index >= 15 is 0 Å². The Morgan fingerprint density at radius 3 is 2.54 bits per heavy atom. The second kappa shape index (κ2) is 7.70. The summed E-state index contributed by atoms with van der Waals surface area (Å²) in [4.78, 5) is 28.0. The Labute approximate surface area is 157 Å². The van der Waals surface area contributed by atoms with Crippen LogP contribution in [0.1, 0.15) is 22.9 Å². The molecule has 134 valence electrons. The molecule has 2 aromatic rings. The molecule has 0 atom stereocenters.